The maximum atomic E-state index is 12.9. The molecule has 1 heterocycles. The van der Waals surface area contributed by atoms with Gasteiger partial charge in [-0.05, 0) is 30.3 Å². The van der Waals surface area contributed by atoms with Gasteiger partial charge in [0.05, 0.1) is 12.0 Å². The molecule has 1 N–H and O–H groups in total. The summed E-state index contributed by atoms with van der Waals surface area (Å²) in [6.07, 6.45) is 1.62. The van der Waals surface area contributed by atoms with Crippen LogP contribution in [0.1, 0.15) is 5.76 Å². The summed E-state index contributed by atoms with van der Waals surface area (Å²) in [5.74, 6) is 1.24. The van der Waals surface area contributed by atoms with E-state index < -0.39 is 0 Å². The number of thiocarbonyl (C=S) groups is 1. The molecular formula is C12H10FNOS2. The fourth-order valence-electron chi connectivity index (χ4n) is 1.25. The zero-order chi connectivity index (χ0) is 12.1. The van der Waals surface area contributed by atoms with Crippen molar-refractivity contribution in [1.82, 2.24) is 0 Å². The molecule has 0 unspecified atom stereocenters. The third-order valence-corrected chi connectivity index (χ3v) is 3.25. The van der Waals surface area contributed by atoms with Gasteiger partial charge in [0.1, 0.15) is 15.9 Å². The third kappa shape index (κ3) is 3.87. The maximum Gasteiger partial charge on any atom is 0.138 e. The van der Waals surface area contributed by atoms with Crippen LogP contribution < -0.4 is 5.32 Å². The van der Waals surface area contributed by atoms with Crippen LogP contribution in [0.2, 0.25) is 0 Å². The highest BCUT2D eigenvalue weighted by Gasteiger charge is 2.02. The molecule has 0 bridgehead atoms. The first kappa shape index (κ1) is 12.1. The lowest BCUT2D eigenvalue weighted by molar-refractivity contribution is 0.530. The standard InChI is InChI=1S/C12H10FNOS2/c13-9-3-1-4-10(7-9)14-12(16)17-8-11-5-2-6-15-11/h1-7H,8H2,(H,14,16). The predicted molar refractivity (Wildman–Crippen MR) is 72.6 cm³/mol. The summed E-state index contributed by atoms with van der Waals surface area (Å²) < 4.78 is 18.7. The largest absolute Gasteiger partial charge is 0.468 e. The lowest BCUT2D eigenvalue weighted by Crippen LogP contribution is -2.04. The van der Waals surface area contributed by atoms with Gasteiger partial charge in [-0.2, -0.15) is 0 Å². The molecule has 0 aliphatic carbocycles. The van der Waals surface area contributed by atoms with E-state index in [4.69, 9.17) is 16.6 Å². The number of hydrogen-bond acceptors (Lipinski definition) is 3. The van der Waals surface area contributed by atoms with Gasteiger partial charge in [-0.25, -0.2) is 4.39 Å². The molecule has 0 spiro atoms. The summed E-state index contributed by atoms with van der Waals surface area (Å²) in [5, 5.41) is 2.96. The molecule has 2 nitrogen and oxygen atoms in total. The molecule has 0 aliphatic heterocycles. The highest BCUT2D eigenvalue weighted by atomic mass is 32.2. The quantitative estimate of drug-likeness (QED) is 0.848. The Kier molecular flexibility index (Phi) is 4.17. The first-order chi connectivity index (χ1) is 8.24. The van der Waals surface area contributed by atoms with Gasteiger partial charge in [-0.3, -0.25) is 0 Å². The number of thioether (sulfide) groups is 1. The van der Waals surface area contributed by atoms with Gasteiger partial charge in [0.2, 0.25) is 0 Å². The molecule has 1 aromatic heterocycles. The molecule has 0 saturated heterocycles. The molecule has 0 saturated carbocycles. The molecule has 0 fully saturated rings. The van der Waals surface area contributed by atoms with Crippen LogP contribution in [-0.2, 0) is 5.75 Å². The van der Waals surface area contributed by atoms with Gasteiger partial charge in [-0.1, -0.05) is 30.0 Å². The Bertz CT molecular complexity index is 499. The van der Waals surface area contributed by atoms with Crippen LogP contribution in [0.4, 0.5) is 10.1 Å². The van der Waals surface area contributed by atoms with Crippen LogP contribution in [0.3, 0.4) is 0 Å². The SMILES string of the molecule is Fc1cccc(NC(=S)SCc2ccco2)c1. The van der Waals surface area contributed by atoms with E-state index in [0.29, 0.717) is 15.8 Å². The fourth-order valence-corrected chi connectivity index (χ4v) is 2.17. The number of nitrogens with one attached hydrogen (secondary N) is 1. The zero-order valence-electron chi connectivity index (χ0n) is 8.85. The molecule has 0 atom stereocenters. The Labute approximate surface area is 108 Å². The van der Waals surface area contributed by atoms with Crippen molar-refractivity contribution in [3.8, 4) is 0 Å². The Morgan fingerprint density at radius 3 is 2.94 bits per heavy atom. The van der Waals surface area contributed by atoms with Crippen LogP contribution in [0.15, 0.2) is 47.1 Å². The number of benzene rings is 1. The van der Waals surface area contributed by atoms with Gasteiger partial charge >= 0.3 is 0 Å². The van der Waals surface area contributed by atoms with Gasteiger partial charge in [-0.15, -0.1) is 0 Å². The Balaban J connectivity index is 1.85. The van der Waals surface area contributed by atoms with Crippen molar-refractivity contribution in [3.63, 3.8) is 0 Å². The molecule has 5 heteroatoms. The van der Waals surface area contributed by atoms with E-state index in [1.54, 1.807) is 18.4 Å². The van der Waals surface area contributed by atoms with E-state index in [-0.39, 0.29) is 5.82 Å². The van der Waals surface area contributed by atoms with Gasteiger partial charge < -0.3 is 9.73 Å². The summed E-state index contributed by atoms with van der Waals surface area (Å²) in [4.78, 5) is 0. The summed E-state index contributed by atoms with van der Waals surface area (Å²) in [7, 11) is 0. The number of furan rings is 1. The van der Waals surface area contributed by atoms with Crippen molar-refractivity contribution in [3.05, 3.63) is 54.2 Å². The first-order valence-corrected chi connectivity index (χ1v) is 6.35. The molecule has 2 aromatic rings. The van der Waals surface area contributed by atoms with E-state index >= 15 is 0 Å². The number of hydrogen-bond donors (Lipinski definition) is 1. The van der Waals surface area contributed by atoms with Crippen LogP contribution in [0.25, 0.3) is 0 Å². The summed E-state index contributed by atoms with van der Waals surface area (Å²) in [5.41, 5.74) is 0.655. The van der Waals surface area contributed by atoms with Gasteiger partial charge in [0, 0.05) is 5.69 Å². The second kappa shape index (κ2) is 5.84. The molecule has 0 amide bonds. The average molecular weight is 267 g/mol. The van der Waals surface area contributed by atoms with E-state index in [1.807, 2.05) is 12.1 Å². The summed E-state index contributed by atoms with van der Waals surface area (Å²) >= 11 is 6.58. The van der Waals surface area contributed by atoms with E-state index in [0.717, 1.165) is 5.76 Å². The second-order valence-electron chi connectivity index (χ2n) is 3.29. The Morgan fingerprint density at radius 2 is 2.24 bits per heavy atom. The van der Waals surface area contributed by atoms with Crippen molar-refractivity contribution in [2.24, 2.45) is 0 Å². The minimum atomic E-state index is -0.283. The predicted octanol–water partition coefficient (Wildman–Crippen LogP) is 4.05. The molecule has 17 heavy (non-hydrogen) atoms. The van der Waals surface area contributed by atoms with Crippen molar-refractivity contribution < 1.29 is 8.81 Å². The van der Waals surface area contributed by atoms with Crippen molar-refractivity contribution >= 4 is 34.0 Å². The highest BCUT2D eigenvalue weighted by molar-refractivity contribution is 8.22. The van der Waals surface area contributed by atoms with Crippen LogP contribution in [0.5, 0.6) is 0 Å². The minimum absolute atomic E-state index is 0.283. The Hall–Kier alpha value is -1.33. The Morgan fingerprint density at radius 1 is 1.35 bits per heavy atom. The molecule has 1 aromatic carbocycles. The van der Waals surface area contributed by atoms with Crippen molar-refractivity contribution in [2.45, 2.75) is 5.75 Å². The number of halogens is 1. The van der Waals surface area contributed by atoms with Crippen molar-refractivity contribution in [1.29, 1.82) is 0 Å². The lowest BCUT2D eigenvalue weighted by atomic mass is 10.3. The third-order valence-electron chi connectivity index (χ3n) is 2.00. The highest BCUT2D eigenvalue weighted by Crippen LogP contribution is 2.17. The van der Waals surface area contributed by atoms with E-state index in [2.05, 4.69) is 5.32 Å². The van der Waals surface area contributed by atoms with Gasteiger partial charge in [0.25, 0.3) is 0 Å². The molecular weight excluding hydrogens is 257 g/mol. The van der Waals surface area contributed by atoms with Gasteiger partial charge in [0.15, 0.2) is 0 Å². The molecule has 0 radical (unpaired) electrons. The number of anilines is 1. The molecule has 2 rings (SSSR count). The lowest BCUT2D eigenvalue weighted by Gasteiger charge is -2.06. The topological polar surface area (TPSA) is 25.2 Å². The van der Waals surface area contributed by atoms with E-state index in [9.17, 15) is 4.39 Å². The normalized spacial score (nSPS) is 10.2. The average Bonchev–Trinajstić information content (AvgIpc) is 2.79. The van der Waals surface area contributed by atoms with Crippen LogP contribution >= 0.6 is 24.0 Å². The van der Waals surface area contributed by atoms with Crippen LogP contribution in [-0.4, -0.2) is 4.32 Å². The van der Waals surface area contributed by atoms with E-state index in [1.165, 1.54) is 23.9 Å². The van der Waals surface area contributed by atoms with Crippen molar-refractivity contribution in [2.75, 3.05) is 5.32 Å². The smallest absolute Gasteiger partial charge is 0.138 e. The minimum Gasteiger partial charge on any atom is -0.468 e. The second-order valence-corrected chi connectivity index (χ2v) is 4.94. The molecule has 88 valence electrons. The first-order valence-electron chi connectivity index (χ1n) is 4.96. The monoisotopic (exact) mass is 267 g/mol. The molecule has 0 aliphatic rings. The fraction of sp³-hybridized carbons (Fsp3) is 0.0833. The maximum absolute atomic E-state index is 12.9. The summed E-state index contributed by atoms with van der Waals surface area (Å²) in [6, 6.07) is 9.92. The number of rotatable bonds is 3. The van der Waals surface area contributed by atoms with Crippen LogP contribution in [0, 0.1) is 5.82 Å². The zero-order valence-corrected chi connectivity index (χ0v) is 10.5. The summed E-state index contributed by atoms with van der Waals surface area (Å²) in [6.45, 7) is 0.